The molecule has 6 heteroatoms. The summed E-state index contributed by atoms with van der Waals surface area (Å²) in [7, 11) is 0. The maximum absolute atomic E-state index is 4.92. The van der Waals surface area contributed by atoms with Crippen LogP contribution in [-0.2, 0) is 6.54 Å². The van der Waals surface area contributed by atoms with E-state index in [1.165, 1.54) is 17.1 Å². The van der Waals surface area contributed by atoms with Crippen molar-refractivity contribution >= 4 is 39.0 Å². The molecular formula is C23H19BrN4S. The molecule has 3 aromatic carbocycles. The number of para-hydroxylation sites is 1. The van der Waals surface area contributed by atoms with Gasteiger partial charge in [-0.1, -0.05) is 76.6 Å². The highest BCUT2D eigenvalue weighted by molar-refractivity contribution is 9.10. The number of amidine groups is 1. The van der Waals surface area contributed by atoms with Crippen LogP contribution in [0.3, 0.4) is 0 Å². The van der Waals surface area contributed by atoms with Crippen molar-refractivity contribution in [2.45, 2.75) is 13.5 Å². The number of rotatable bonds is 4. The first-order valence-corrected chi connectivity index (χ1v) is 10.8. The Morgan fingerprint density at radius 1 is 0.931 bits per heavy atom. The van der Waals surface area contributed by atoms with Gasteiger partial charge < -0.3 is 0 Å². The molecule has 0 spiro atoms. The van der Waals surface area contributed by atoms with Gasteiger partial charge in [-0.25, -0.2) is 4.99 Å². The number of halogens is 1. The molecule has 0 atom stereocenters. The zero-order chi connectivity index (χ0) is 20.1. The minimum atomic E-state index is 0.671. The Labute approximate surface area is 182 Å². The molecular weight excluding hydrogens is 444 g/mol. The fraction of sp³-hybridized carbons (Fsp3) is 0.0870. The number of hydrogen-bond donors (Lipinski definition) is 0. The van der Waals surface area contributed by atoms with Crippen LogP contribution in [0.5, 0.6) is 0 Å². The van der Waals surface area contributed by atoms with E-state index in [0.717, 1.165) is 26.3 Å². The summed E-state index contributed by atoms with van der Waals surface area (Å²) in [4.78, 5) is 10.5. The van der Waals surface area contributed by atoms with Crippen LogP contribution in [0.1, 0.15) is 17.0 Å². The van der Waals surface area contributed by atoms with Crippen molar-refractivity contribution in [3.05, 3.63) is 111 Å². The molecule has 1 aromatic heterocycles. The Morgan fingerprint density at radius 2 is 1.59 bits per heavy atom. The van der Waals surface area contributed by atoms with Gasteiger partial charge in [0, 0.05) is 21.6 Å². The van der Waals surface area contributed by atoms with Crippen molar-refractivity contribution in [3.8, 4) is 0 Å². The van der Waals surface area contributed by atoms with Crippen molar-refractivity contribution in [1.29, 1.82) is 0 Å². The molecule has 0 N–H and O–H groups in total. The molecule has 0 aliphatic carbocycles. The van der Waals surface area contributed by atoms with Crippen LogP contribution in [0.2, 0.25) is 0 Å². The lowest BCUT2D eigenvalue weighted by Crippen LogP contribution is -2.19. The van der Waals surface area contributed by atoms with Gasteiger partial charge in [0.1, 0.15) is 5.82 Å². The summed E-state index contributed by atoms with van der Waals surface area (Å²) < 4.78 is 7.72. The molecule has 0 unspecified atom stereocenters. The topological polar surface area (TPSA) is 42.5 Å². The Hall–Kier alpha value is -2.83. The zero-order valence-corrected chi connectivity index (χ0v) is 18.3. The molecule has 29 heavy (non-hydrogen) atoms. The third kappa shape index (κ3) is 4.96. The van der Waals surface area contributed by atoms with Crippen molar-refractivity contribution < 1.29 is 0 Å². The number of benzene rings is 3. The van der Waals surface area contributed by atoms with E-state index in [-0.39, 0.29) is 0 Å². The van der Waals surface area contributed by atoms with Crippen molar-refractivity contribution in [2.75, 3.05) is 0 Å². The second-order valence-corrected chi connectivity index (χ2v) is 8.12. The SMILES string of the molecule is Cc1nsc(=NC(=Nc2ccccc2)c2ccccc2)n1Cc1ccc(Br)cc1. The summed E-state index contributed by atoms with van der Waals surface area (Å²) in [5.74, 6) is 1.61. The molecule has 144 valence electrons. The average molecular weight is 463 g/mol. The van der Waals surface area contributed by atoms with Gasteiger partial charge in [-0.3, -0.25) is 4.57 Å². The van der Waals surface area contributed by atoms with Gasteiger partial charge in [0.25, 0.3) is 0 Å². The number of aliphatic imine (C=N–C) groups is 1. The van der Waals surface area contributed by atoms with Crippen LogP contribution in [0.15, 0.2) is 99.4 Å². The Morgan fingerprint density at radius 3 is 2.28 bits per heavy atom. The monoisotopic (exact) mass is 462 g/mol. The van der Waals surface area contributed by atoms with Gasteiger partial charge in [-0.05, 0) is 36.8 Å². The predicted molar refractivity (Wildman–Crippen MR) is 123 cm³/mol. The van der Waals surface area contributed by atoms with Crippen molar-refractivity contribution in [2.24, 2.45) is 9.98 Å². The zero-order valence-electron chi connectivity index (χ0n) is 15.9. The van der Waals surface area contributed by atoms with Gasteiger partial charge >= 0.3 is 0 Å². The first-order chi connectivity index (χ1) is 14.2. The average Bonchev–Trinajstić information content (AvgIpc) is 3.10. The molecule has 0 saturated heterocycles. The van der Waals surface area contributed by atoms with Crippen molar-refractivity contribution in [1.82, 2.24) is 8.94 Å². The quantitative estimate of drug-likeness (QED) is 0.281. The predicted octanol–water partition coefficient (Wildman–Crippen LogP) is 5.74. The molecule has 4 aromatic rings. The molecule has 0 amide bonds. The lowest BCUT2D eigenvalue weighted by atomic mass is 10.2. The van der Waals surface area contributed by atoms with Crippen LogP contribution in [-0.4, -0.2) is 14.8 Å². The summed E-state index contributed by atoms with van der Waals surface area (Å²) in [6.45, 7) is 2.72. The molecule has 0 radical (unpaired) electrons. The largest absolute Gasteiger partial charge is 0.299 e. The fourth-order valence-electron chi connectivity index (χ4n) is 2.84. The lowest BCUT2D eigenvalue weighted by Gasteiger charge is -2.06. The minimum Gasteiger partial charge on any atom is -0.299 e. The maximum atomic E-state index is 4.92. The van der Waals surface area contributed by atoms with Gasteiger partial charge in [0.15, 0.2) is 5.84 Å². The highest BCUT2D eigenvalue weighted by Crippen LogP contribution is 2.15. The van der Waals surface area contributed by atoms with E-state index in [9.17, 15) is 0 Å². The molecule has 1 heterocycles. The van der Waals surface area contributed by atoms with E-state index in [0.29, 0.717) is 12.4 Å². The standard InChI is InChI=1S/C23H19BrN4S/c1-17-27-29-23(28(17)16-18-12-14-20(24)15-13-18)26-22(19-8-4-2-5-9-19)25-21-10-6-3-7-11-21/h2-15H,16H2,1H3. The molecule has 0 bridgehead atoms. The minimum absolute atomic E-state index is 0.671. The van der Waals surface area contributed by atoms with Gasteiger partial charge in [0.05, 0.1) is 12.2 Å². The second-order valence-electron chi connectivity index (χ2n) is 6.47. The summed E-state index contributed by atoms with van der Waals surface area (Å²) in [6, 6.07) is 28.3. The highest BCUT2D eigenvalue weighted by Gasteiger charge is 2.08. The summed E-state index contributed by atoms with van der Waals surface area (Å²) in [6.07, 6.45) is 0. The molecule has 4 rings (SSSR count). The van der Waals surface area contributed by atoms with Crippen LogP contribution in [0.4, 0.5) is 5.69 Å². The Kier molecular flexibility index (Phi) is 6.12. The maximum Gasteiger partial charge on any atom is 0.211 e. The Balaban J connectivity index is 1.79. The van der Waals surface area contributed by atoms with Gasteiger partial charge in [-0.15, -0.1) is 0 Å². The van der Waals surface area contributed by atoms with E-state index >= 15 is 0 Å². The third-order valence-electron chi connectivity index (χ3n) is 4.36. The highest BCUT2D eigenvalue weighted by atomic mass is 79.9. The van der Waals surface area contributed by atoms with Gasteiger partial charge in [0.2, 0.25) is 4.80 Å². The summed E-state index contributed by atoms with van der Waals surface area (Å²) >= 11 is 4.88. The van der Waals surface area contributed by atoms with E-state index < -0.39 is 0 Å². The normalized spacial score (nSPS) is 12.3. The third-order valence-corrected chi connectivity index (χ3v) is 5.72. The second kappa shape index (κ2) is 9.11. The van der Waals surface area contributed by atoms with E-state index in [1.807, 2.05) is 79.7 Å². The number of nitrogens with zero attached hydrogens (tertiary/aromatic N) is 4. The van der Waals surface area contributed by atoms with Crippen LogP contribution in [0.25, 0.3) is 0 Å². The molecule has 0 aliphatic heterocycles. The van der Waals surface area contributed by atoms with Crippen LogP contribution < -0.4 is 4.80 Å². The first kappa shape index (κ1) is 19.5. The number of aromatic nitrogens is 2. The summed E-state index contributed by atoms with van der Waals surface area (Å²) in [5.41, 5.74) is 3.03. The fourth-order valence-corrected chi connectivity index (χ4v) is 3.83. The van der Waals surface area contributed by atoms with Crippen molar-refractivity contribution in [3.63, 3.8) is 0 Å². The molecule has 0 aliphatic rings. The molecule has 0 saturated carbocycles. The van der Waals surface area contributed by atoms with Crippen LogP contribution in [0, 0.1) is 6.92 Å². The first-order valence-electron chi connectivity index (χ1n) is 9.20. The van der Waals surface area contributed by atoms with E-state index in [4.69, 9.17) is 9.98 Å². The molecule has 4 nitrogen and oxygen atoms in total. The summed E-state index contributed by atoms with van der Waals surface area (Å²) in [5, 5.41) is 0. The lowest BCUT2D eigenvalue weighted by molar-refractivity contribution is 0.729. The molecule has 0 fully saturated rings. The van der Waals surface area contributed by atoms with Gasteiger partial charge in [-0.2, -0.15) is 9.37 Å². The number of hydrogen-bond acceptors (Lipinski definition) is 3. The smallest absolute Gasteiger partial charge is 0.211 e. The van der Waals surface area contributed by atoms with E-state index in [1.54, 1.807) is 0 Å². The Bertz CT molecular complexity index is 1180. The van der Waals surface area contributed by atoms with Crippen LogP contribution >= 0.6 is 27.5 Å². The van der Waals surface area contributed by atoms with E-state index in [2.05, 4.69) is 37.0 Å². The number of aryl methyl sites for hydroxylation is 1.